The van der Waals surface area contributed by atoms with Crippen LogP contribution in [0.3, 0.4) is 0 Å². The molecule has 0 aliphatic rings. The van der Waals surface area contributed by atoms with E-state index in [0.717, 1.165) is 24.9 Å². The van der Waals surface area contributed by atoms with Crippen molar-refractivity contribution in [1.29, 1.82) is 0 Å². The van der Waals surface area contributed by atoms with Crippen LogP contribution in [-0.2, 0) is 21.2 Å². The summed E-state index contributed by atoms with van der Waals surface area (Å²) >= 11 is 0. The number of guanidine groups is 1. The average molecular weight is 383 g/mol. The van der Waals surface area contributed by atoms with Crippen LogP contribution >= 0.6 is 0 Å². The number of nitrogens with one attached hydrogen (secondary N) is 2. The van der Waals surface area contributed by atoms with Gasteiger partial charge in [-0.2, -0.15) is 0 Å². The van der Waals surface area contributed by atoms with E-state index in [1.807, 2.05) is 6.07 Å². The molecule has 0 saturated heterocycles. The van der Waals surface area contributed by atoms with Crippen molar-refractivity contribution in [3.8, 4) is 0 Å². The Morgan fingerprint density at radius 1 is 1.23 bits per heavy atom. The van der Waals surface area contributed by atoms with E-state index in [2.05, 4.69) is 22.5 Å². The summed E-state index contributed by atoms with van der Waals surface area (Å²) in [5, 5.41) is 6.24. The maximum atomic E-state index is 11.8. The Kier molecular flexibility index (Phi) is 8.57. The zero-order chi connectivity index (χ0) is 19.7. The molecule has 0 radical (unpaired) electrons. The fourth-order valence-corrected chi connectivity index (χ4v) is 3.23. The van der Waals surface area contributed by atoms with Crippen molar-refractivity contribution < 1.29 is 13.2 Å². The summed E-state index contributed by atoms with van der Waals surface area (Å²) in [7, 11) is 0.186. The number of hydrogen-bond acceptors (Lipinski definition) is 4. The monoisotopic (exact) mass is 382 g/mol. The van der Waals surface area contributed by atoms with Gasteiger partial charge in [-0.05, 0) is 30.5 Å². The molecule has 2 N–H and O–H groups in total. The lowest BCUT2D eigenvalue weighted by Gasteiger charge is -2.15. The fourth-order valence-electron chi connectivity index (χ4n) is 2.27. The van der Waals surface area contributed by atoms with Crippen molar-refractivity contribution in [3.05, 3.63) is 29.3 Å². The number of nitrogens with zero attached hydrogens (tertiary/aromatic N) is 2. The molecule has 0 aliphatic heterocycles. The van der Waals surface area contributed by atoms with Crippen molar-refractivity contribution in [3.63, 3.8) is 0 Å². The van der Waals surface area contributed by atoms with Crippen LogP contribution in [-0.4, -0.2) is 58.6 Å². The van der Waals surface area contributed by atoms with Crippen molar-refractivity contribution >= 4 is 21.7 Å². The Morgan fingerprint density at radius 2 is 1.92 bits per heavy atom. The summed E-state index contributed by atoms with van der Waals surface area (Å²) in [6, 6.07) is 5.21. The molecule has 0 atom stereocenters. The number of sulfone groups is 1. The molecule has 146 valence electrons. The van der Waals surface area contributed by atoms with Gasteiger partial charge in [-0.15, -0.1) is 0 Å². The number of hydrogen-bond donors (Lipinski definition) is 2. The van der Waals surface area contributed by atoms with Crippen LogP contribution in [0.2, 0.25) is 0 Å². The van der Waals surface area contributed by atoms with Crippen molar-refractivity contribution in [2.75, 3.05) is 33.4 Å². The first-order chi connectivity index (χ1) is 12.1. The van der Waals surface area contributed by atoms with E-state index >= 15 is 0 Å². The minimum atomic E-state index is -3.23. The lowest BCUT2D eigenvalue weighted by Crippen LogP contribution is -2.43. The van der Waals surface area contributed by atoms with E-state index in [1.54, 1.807) is 33.2 Å². The summed E-state index contributed by atoms with van der Waals surface area (Å²) in [4.78, 5) is 18.1. The molecule has 0 bridgehead atoms. The van der Waals surface area contributed by atoms with E-state index in [9.17, 15) is 13.2 Å². The van der Waals surface area contributed by atoms with Crippen LogP contribution in [0.5, 0.6) is 0 Å². The molecule has 0 unspecified atom stereocenters. The second-order valence-electron chi connectivity index (χ2n) is 6.46. The summed E-state index contributed by atoms with van der Waals surface area (Å²) < 4.78 is 23.4. The largest absolute Gasteiger partial charge is 0.356 e. The standard InChI is InChI=1S/C18H30N4O3S/c1-6-7-10-19-18(21-13-17(23)22(3)4)20-12-15-8-9-16(14(2)11-15)26(5,24)25/h8-9,11H,6-7,10,12-13H2,1-5H3,(H2,19,20,21). The Balaban J connectivity index is 2.84. The predicted molar refractivity (Wildman–Crippen MR) is 105 cm³/mol. The smallest absolute Gasteiger partial charge is 0.241 e. The van der Waals surface area contributed by atoms with Crippen molar-refractivity contribution in [2.24, 2.45) is 4.99 Å². The molecule has 0 spiro atoms. The van der Waals surface area contributed by atoms with E-state index in [-0.39, 0.29) is 12.5 Å². The molecular weight excluding hydrogens is 352 g/mol. The van der Waals surface area contributed by atoms with Crippen LogP contribution in [0, 0.1) is 6.92 Å². The molecule has 0 aliphatic carbocycles. The van der Waals surface area contributed by atoms with E-state index < -0.39 is 9.84 Å². The normalized spacial score (nSPS) is 12.0. The fraction of sp³-hybridized carbons (Fsp3) is 0.556. The highest BCUT2D eigenvalue weighted by Crippen LogP contribution is 2.17. The molecule has 7 nitrogen and oxygen atoms in total. The molecule has 0 aromatic heterocycles. The molecule has 1 aromatic carbocycles. The molecule has 0 heterocycles. The van der Waals surface area contributed by atoms with E-state index in [0.29, 0.717) is 23.0 Å². The predicted octanol–water partition coefficient (Wildman–Crippen LogP) is 1.32. The van der Waals surface area contributed by atoms with Gasteiger partial charge in [-0.25, -0.2) is 13.4 Å². The molecule has 1 aromatic rings. The minimum absolute atomic E-state index is 0.0386. The number of benzene rings is 1. The Labute approximate surface area is 156 Å². The first kappa shape index (κ1) is 22.0. The van der Waals surface area contributed by atoms with Crippen LogP contribution in [0.25, 0.3) is 0 Å². The number of amides is 1. The third kappa shape index (κ3) is 7.43. The van der Waals surface area contributed by atoms with Crippen LogP contribution < -0.4 is 10.6 Å². The van der Waals surface area contributed by atoms with Crippen molar-refractivity contribution in [1.82, 2.24) is 15.5 Å². The quantitative estimate of drug-likeness (QED) is 0.402. The summed E-state index contributed by atoms with van der Waals surface area (Å²) in [5.41, 5.74) is 1.61. The lowest BCUT2D eigenvalue weighted by molar-refractivity contribution is -0.127. The second kappa shape index (κ2) is 10.2. The number of likely N-dealkylation sites (N-methyl/N-ethyl adjacent to an activating group) is 1. The summed E-state index contributed by atoms with van der Waals surface area (Å²) in [6.45, 7) is 5.20. The summed E-state index contributed by atoms with van der Waals surface area (Å²) in [6.07, 6.45) is 3.27. The highest BCUT2D eigenvalue weighted by molar-refractivity contribution is 7.90. The van der Waals surface area contributed by atoms with Gasteiger partial charge in [-0.1, -0.05) is 25.5 Å². The lowest BCUT2D eigenvalue weighted by atomic mass is 10.1. The molecule has 8 heteroatoms. The molecule has 0 saturated carbocycles. The third-order valence-corrected chi connectivity index (χ3v) is 5.04. The Bertz CT molecular complexity index is 743. The number of aliphatic imine (C=N–C) groups is 1. The van der Waals surface area contributed by atoms with Gasteiger partial charge in [-0.3, -0.25) is 4.79 Å². The highest BCUT2D eigenvalue weighted by atomic mass is 32.2. The summed E-state index contributed by atoms with van der Waals surface area (Å²) in [5.74, 6) is 0.529. The number of aryl methyl sites for hydroxylation is 1. The van der Waals surface area contributed by atoms with Gasteiger partial charge >= 0.3 is 0 Å². The zero-order valence-corrected chi connectivity index (χ0v) is 17.1. The number of carbonyl (C=O) groups is 1. The van der Waals surface area contributed by atoms with Crippen LogP contribution in [0.4, 0.5) is 0 Å². The number of unbranched alkanes of at least 4 members (excludes halogenated alkanes) is 1. The maximum Gasteiger partial charge on any atom is 0.241 e. The third-order valence-electron chi connectivity index (χ3n) is 3.79. The minimum Gasteiger partial charge on any atom is -0.356 e. The van der Waals surface area contributed by atoms with Gasteiger partial charge in [0, 0.05) is 26.9 Å². The highest BCUT2D eigenvalue weighted by Gasteiger charge is 2.11. The maximum absolute atomic E-state index is 11.8. The Morgan fingerprint density at radius 3 is 2.46 bits per heavy atom. The molecule has 0 fully saturated rings. The van der Waals surface area contributed by atoms with Crippen LogP contribution in [0.1, 0.15) is 30.9 Å². The Hall–Kier alpha value is -2.09. The molecule has 26 heavy (non-hydrogen) atoms. The second-order valence-corrected chi connectivity index (χ2v) is 8.44. The number of carbonyl (C=O) groups excluding carboxylic acids is 1. The van der Waals surface area contributed by atoms with Gasteiger partial charge in [0.2, 0.25) is 5.91 Å². The number of rotatable bonds is 8. The average Bonchev–Trinajstić information content (AvgIpc) is 2.55. The van der Waals surface area contributed by atoms with Gasteiger partial charge in [0.25, 0.3) is 0 Å². The van der Waals surface area contributed by atoms with E-state index in [4.69, 9.17) is 0 Å². The van der Waals surface area contributed by atoms with Crippen LogP contribution in [0.15, 0.2) is 28.1 Å². The first-order valence-electron chi connectivity index (χ1n) is 8.67. The first-order valence-corrected chi connectivity index (χ1v) is 10.6. The van der Waals surface area contributed by atoms with Gasteiger partial charge < -0.3 is 15.5 Å². The van der Waals surface area contributed by atoms with Gasteiger partial charge in [0.1, 0.15) is 0 Å². The molecular formula is C18H30N4O3S. The molecule has 1 rings (SSSR count). The zero-order valence-electron chi connectivity index (χ0n) is 16.3. The van der Waals surface area contributed by atoms with Crippen molar-refractivity contribution in [2.45, 2.75) is 38.1 Å². The van der Waals surface area contributed by atoms with E-state index in [1.165, 1.54) is 11.2 Å². The van der Waals surface area contributed by atoms with Gasteiger partial charge in [0.15, 0.2) is 15.8 Å². The SMILES string of the molecule is CCCCNC(=NCc1ccc(S(C)(=O)=O)c(C)c1)NCC(=O)N(C)C. The topological polar surface area (TPSA) is 90.9 Å². The molecule has 1 amide bonds. The van der Waals surface area contributed by atoms with Gasteiger partial charge in [0.05, 0.1) is 18.0 Å².